The Morgan fingerprint density at radius 2 is 1.91 bits per heavy atom. The molecule has 0 saturated carbocycles. The van der Waals surface area contributed by atoms with Gasteiger partial charge in [-0.1, -0.05) is 11.6 Å². The molecular weight excluding hydrogens is 319 g/mol. The van der Waals surface area contributed by atoms with E-state index in [2.05, 4.69) is 4.98 Å². The highest BCUT2D eigenvalue weighted by atomic mass is 35.5. The highest BCUT2D eigenvalue weighted by Crippen LogP contribution is 2.36. The number of oxazole rings is 1. The van der Waals surface area contributed by atoms with Crippen molar-refractivity contribution in [3.05, 3.63) is 52.9 Å². The van der Waals surface area contributed by atoms with E-state index in [0.717, 1.165) is 12.1 Å². The van der Waals surface area contributed by atoms with Crippen molar-refractivity contribution in [2.45, 2.75) is 13.1 Å². The second kappa shape index (κ2) is 5.21. The minimum absolute atomic E-state index is 0.122. The first-order valence-electron chi connectivity index (χ1n) is 6.25. The zero-order valence-electron chi connectivity index (χ0n) is 11.2. The molecule has 0 aliphatic heterocycles. The second-order valence-corrected chi connectivity index (χ2v) is 5.01. The van der Waals surface area contributed by atoms with Crippen LogP contribution in [-0.2, 0) is 6.18 Å². The van der Waals surface area contributed by atoms with Crippen LogP contribution < -0.4 is 4.74 Å². The largest absolute Gasteiger partial charge is 0.456 e. The first-order valence-corrected chi connectivity index (χ1v) is 6.62. The van der Waals surface area contributed by atoms with E-state index in [1.807, 2.05) is 0 Å². The molecule has 0 N–H and O–H groups in total. The summed E-state index contributed by atoms with van der Waals surface area (Å²) in [6, 6.07) is 7.86. The second-order valence-electron chi connectivity index (χ2n) is 4.61. The normalized spacial score (nSPS) is 11.9. The third kappa shape index (κ3) is 2.87. The summed E-state index contributed by atoms with van der Waals surface area (Å²) in [7, 11) is 0. The van der Waals surface area contributed by atoms with Crippen molar-refractivity contribution in [3.8, 4) is 11.5 Å². The molecule has 114 valence electrons. The van der Waals surface area contributed by atoms with Gasteiger partial charge >= 0.3 is 6.18 Å². The van der Waals surface area contributed by atoms with Gasteiger partial charge in [0.25, 0.3) is 0 Å². The van der Waals surface area contributed by atoms with Crippen LogP contribution in [0.1, 0.15) is 11.5 Å². The monoisotopic (exact) mass is 327 g/mol. The number of halogens is 4. The lowest BCUT2D eigenvalue weighted by Crippen LogP contribution is -2.04. The van der Waals surface area contributed by atoms with Gasteiger partial charge in [-0.15, -0.1) is 0 Å². The standard InChI is InChI=1S/C15H9ClF3NO2/c1-8-20-12-4-3-10(7-14(12)21-8)22-13-5-2-9(6-11(13)16)15(17,18)19/h2-7H,1H3. The van der Waals surface area contributed by atoms with E-state index in [-0.39, 0.29) is 10.8 Å². The lowest BCUT2D eigenvalue weighted by atomic mass is 10.2. The molecule has 1 heterocycles. The molecule has 2 aromatic carbocycles. The summed E-state index contributed by atoms with van der Waals surface area (Å²) in [5, 5.41) is -0.122. The Morgan fingerprint density at radius 3 is 2.59 bits per heavy atom. The fourth-order valence-corrected chi connectivity index (χ4v) is 2.19. The van der Waals surface area contributed by atoms with E-state index in [1.54, 1.807) is 25.1 Å². The van der Waals surface area contributed by atoms with Gasteiger partial charge in [0.2, 0.25) is 0 Å². The predicted octanol–water partition coefficient (Wildman–Crippen LogP) is 5.60. The van der Waals surface area contributed by atoms with E-state index in [0.29, 0.717) is 22.7 Å². The van der Waals surface area contributed by atoms with E-state index < -0.39 is 11.7 Å². The smallest absolute Gasteiger partial charge is 0.416 e. The molecule has 0 spiro atoms. The molecule has 7 heteroatoms. The summed E-state index contributed by atoms with van der Waals surface area (Å²) >= 11 is 5.85. The number of ether oxygens (including phenoxy) is 1. The molecule has 3 aromatic rings. The molecule has 0 aliphatic carbocycles. The van der Waals surface area contributed by atoms with Gasteiger partial charge in [-0.25, -0.2) is 4.98 Å². The molecule has 1 aromatic heterocycles. The fourth-order valence-electron chi connectivity index (χ4n) is 1.97. The van der Waals surface area contributed by atoms with Crippen LogP contribution in [0.2, 0.25) is 5.02 Å². The van der Waals surface area contributed by atoms with Gasteiger partial charge in [-0.05, 0) is 30.3 Å². The number of benzene rings is 2. The van der Waals surface area contributed by atoms with Gasteiger partial charge in [0.15, 0.2) is 11.5 Å². The van der Waals surface area contributed by atoms with E-state index >= 15 is 0 Å². The summed E-state index contributed by atoms with van der Waals surface area (Å²) in [5.74, 6) is 1.04. The summed E-state index contributed by atoms with van der Waals surface area (Å²) in [4.78, 5) is 4.14. The number of hydrogen-bond acceptors (Lipinski definition) is 3. The first kappa shape index (κ1) is 14.7. The minimum Gasteiger partial charge on any atom is -0.456 e. The lowest BCUT2D eigenvalue weighted by molar-refractivity contribution is -0.137. The summed E-state index contributed by atoms with van der Waals surface area (Å²) in [6.45, 7) is 1.72. The topological polar surface area (TPSA) is 35.3 Å². The van der Waals surface area contributed by atoms with Crippen molar-refractivity contribution in [1.29, 1.82) is 0 Å². The van der Waals surface area contributed by atoms with E-state index in [1.165, 1.54) is 6.07 Å². The van der Waals surface area contributed by atoms with Gasteiger partial charge in [0.05, 0.1) is 10.6 Å². The highest BCUT2D eigenvalue weighted by molar-refractivity contribution is 6.32. The van der Waals surface area contributed by atoms with E-state index in [9.17, 15) is 13.2 Å². The molecule has 0 bridgehead atoms. The maximum absolute atomic E-state index is 12.6. The number of aryl methyl sites for hydroxylation is 1. The molecular formula is C15H9ClF3NO2. The minimum atomic E-state index is -4.45. The third-order valence-electron chi connectivity index (χ3n) is 2.95. The summed E-state index contributed by atoms with van der Waals surface area (Å²) in [5.41, 5.74) is 0.368. The highest BCUT2D eigenvalue weighted by Gasteiger charge is 2.31. The Kier molecular flexibility index (Phi) is 3.48. The SMILES string of the molecule is Cc1nc2ccc(Oc3ccc(C(F)(F)F)cc3Cl)cc2o1. The number of nitrogens with zero attached hydrogens (tertiary/aromatic N) is 1. The van der Waals surface area contributed by atoms with Crippen LogP contribution in [0.4, 0.5) is 13.2 Å². The molecule has 0 aliphatic rings. The van der Waals surface area contributed by atoms with Crippen molar-refractivity contribution in [2.75, 3.05) is 0 Å². The maximum atomic E-state index is 12.6. The van der Waals surface area contributed by atoms with Crippen molar-refractivity contribution in [2.24, 2.45) is 0 Å². The summed E-state index contributed by atoms with van der Waals surface area (Å²) in [6.07, 6.45) is -4.45. The van der Waals surface area contributed by atoms with Crippen LogP contribution in [0, 0.1) is 6.92 Å². The Hall–Kier alpha value is -2.21. The van der Waals surface area contributed by atoms with Gasteiger partial charge in [0, 0.05) is 13.0 Å². The average molecular weight is 328 g/mol. The van der Waals surface area contributed by atoms with Gasteiger partial charge < -0.3 is 9.15 Å². The molecule has 22 heavy (non-hydrogen) atoms. The molecule has 0 fully saturated rings. The zero-order chi connectivity index (χ0) is 15.9. The van der Waals surface area contributed by atoms with Crippen LogP contribution in [-0.4, -0.2) is 4.98 Å². The lowest BCUT2D eigenvalue weighted by Gasteiger charge is -2.11. The first-order chi connectivity index (χ1) is 10.3. The Balaban J connectivity index is 1.91. The van der Waals surface area contributed by atoms with E-state index in [4.69, 9.17) is 20.8 Å². The molecule has 3 rings (SSSR count). The van der Waals surface area contributed by atoms with Crippen molar-refractivity contribution < 1.29 is 22.3 Å². The molecule has 0 radical (unpaired) electrons. The average Bonchev–Trinajstić information content (AvgIpc) is 2.79. The number of fused-ring (bicyclic) bond motifs is 1. The Bertz CT molecular complexity index is 842. The van der Waals surface area contributed by atoms with Crippen LogP contribution in [0.15, 0.2) is 40.8 Å². The third-order valence-corrected chi connectivity index (χ3v) is 3.25. The van der Waals surface area contributed by atoms with Gasteiger partial charge in [-0.2, -0.15) is 13.2 Å². The number of alkyl halides is 3. The molecule has 0 saturated heterocycles. The predicted molar refractivity (Wildman–Crippen MR) is 75.3 cm³/mol. The van der Waals surface area contributed by atoms with Crippen molar-refractivity contribution in [3.63, 3.8) is 0 Å². The van der Waals surface area contributed by atoms with Gasteiger partial charge in [0.1, 0.15) is 17.0 Å². The van der Waals surface area contributed by atoms with Crippen LogP contribution in [0.5, 0.6) is 11.5 Å². The Morgan fingerprint density at radius 1 is 1.14 bits per heavy atom. The van der Waals surface area contributed by atoms with Gasteiger partial charge in [-0.3, -0.25) is 0 Å². The summed E-state index contributed by atoms with van der Waals surface area (Å²) < 4.78 is 48.6. The molecule has 3 nitrogen and oxygen atoms in total. The zero-order valence-corrected chi connectivity index (χ0v) is 12.0. The molecule has 0 amide bonds. The number of rotatable bonds is 2. The Labute approximate surface area is 128 Å². The van der Waals surface area contributed by atoms with Crippen LogP contribution in [0.3, 0.4) is 0 Å². The fraction of sp³-hybridized carbons (Fsp3) is 0.133. The number of hydrogen-bond donors (Lipinski definition) is 0. The van der Waals surface area contributed by atoms with Crippen LogP contribution in [0.25, 0.3) is 11.1 Å². The van der Waals surface area contributed by atoms with Crippen LogP contribution >= 0.6 is 11.6 Å². The quantitative estimate of drug-likeness (QED) is 0.614. The van der Waals surface area contributed by atoms with Crippen molar-refractivity contribution >= 4 is 22.7 Å². The van der Waals surface area contributed by atoms with Crippen molar-refractivity contribution in [1.82, 2.24) is 4.98 Å². The number of aromatic nitrogens is 1. The maximum Gasteiger partial charge on any atom is 0.416 e. The molecule has 0 unspecified atom stereocenters. The molecule has 0 atom stereocenters.